The van der Waals surface area contributed by atoms with Crippen molar-refractivity contribution in [2.24, 2.45) is 0 Å². The monoisotopic (exact) mass is 599 g/mol. The Morgan fingerprint density at radius 1 is 1.15 bits per heavy atom. The lowest BCUT2D eigenvalue weighted by Gasteiger charge is -2.27. The van der Waals surface area contributed by atoms with Gasteiger partial charge >= 0.3 is 0 Å². The average Bonchev–Trinajstić information content (AvgIpc) is 3.36. The number of ether oxygens (including phenoxy) is 1. The normalized spacial score (nSPS) is 13.8. The maximum absolute atomic E-state index is 12.9. The minimum atomic E-state index is -3.22. The average molecular weight is 600 g/mol. The van der Waals surface area contributed by atoms with Gasteiger partial charge in [-0.2, -0.15) is 5.10 Å². The van der Waals surface area contributed by atoms with Crippen molar-refractivity contribution < 1.29 is 22.8 Å². The van der Waals surface area contributed by atoms with Crippen molar-refractivity contribution in [3.63, 3.8) is 0 Å². The number of aliphatic hydroxyl groups is 1. The van der Waals surface area contributed by atoms with Gasteiger partial charge in [0.05, 0.1) is 52.6 Å². The van der Waals surface area contributed by atoms with Gasteiger partial charge in [0.25, 0.3) is 0 Å². The second-order valence-electron chi connectivity index (χ2n) is 10.9. The molecular weight excluding hydrogens is 562 g/mol. The summed E-state index contributed by atoms with van der Waals surface area (Å²) in [6.45, 7) is 7.64. The molecule has 3 heterocycles. The minimum Gasteiger partial charge on any atom is -0.598 e. The number of hydrogen-bond donors (Lipinski definition) is 2. The number of nitrogens with one attached hydrogen (secondary N) is 1. The molecule has 4 aromatic rings. The Bertz CT molecular complexity index is 1600. The summed E-state index contributed by atoms with van der Waals surface area (Å²) < 4.78 is 46.9. The number of sulfone groups is 1. The van der Waals surface area contributed by atoms with Crippen LogP contribution in [0.1, 0.15) is 58.0 Å². The van der Waals surface area contributed by atoms with Crippen molar-refractivity contribution in [3.8, 4) is 22.8 Å². The second-order valence-corrected chi connectivity index (χ2v) is 15.1. The van der Waals surface area contributed by atoms with Crippen LogP contribution in [0.3, 0.4) is 0 Å². The number of aliphatic hydroxyl groups excluding tert-OH is 1. The van der Waals surface area contributed by atoms with E-state index in [-0.39, 0.29) is 25.0 Å². The zero-order valence-electron chi connectivity index (χ0n) is 24.0. The lowest BCUT2D eigenvalue weighted by Crippen LogP contribution is -2.41. The van der Waals surface area contributed by atoms with Gasteiger partial charge in [0, 0.05) is 23.2 Å². The Hall–Kier alpha value is -3.03. The summed E-state index contributed by atoms with van der Waals surface area (Å²) in [5.41, 5.74) is 3.37. The van der Waals surface area contributed by atoms with Crippen LogP contribution in [0.5, 0.6) is 5.75 Å². The van der Waals surface area contributed by atoms with Gasteiger partial charge in [-0.1, -0.05) is 25.5 Å². The molecule has 3 aromatic heterocycles. The van der Waals surface area contributed by atoms with Gasteiger partial charge in [-0.15, -0.1) is 4.72 Å². The molecule has 0 spiro atoms. The maximum atomic E-state index is 12.9. The van der Waals surface area contributed by atoms with Crippen molar-refractivity contribution in [2.75, 3.05) is 18.6 Å². The first kappa shape index (κ1) is 30.9. The van der Waals surface area contributed by atoms with Gasteiger partial charge in [0.1, 0.15) is 17.1 Å². The maximum Gasteiger partial charge on any atom is 0.154 e. The molecule has 0 aliphatic heterocycles. The van der Waals surface area contributed by atoms with Crippen LogP contribution in [0.15, 0.2) is 54.7 Å². The number of nitrogens with zero attached hydrogens (tertiary/aromatic N) is 4. The van der Waals surface area contributed by atoms with E-state index in [0.29, 0.717) is 33.9 Å². The highest BCUT2D eigenvalue weighted by Crippen LogP contribution is 2.34. The molecule has 0 radical (unpaired) electrons. The van der Waals surface area contributed by atoms with E-state index in [1.807, 2.05) is 51.1 Å². The van der Waals surface area contributed by atoms with Crippen LogP contribution < -0.4 is 9.46 Å². The van der Waals surface area contributed by atoms with Gasteiger partial charge < -0.3 is 14.4 Å². The summed E-state index contributed by atoms with van der Waals surface area (Å²) in [6, 6.07) is 14.6. The molecule has 2 atom stereocenters. The van der Waals surface area contributed by atoms with E-state index in [0.717, 1.165) is 24.1 Å². The van der Waals surface area contributed by atoms with E-state index in [1.165, 1.54) is 6.26 Å². The molecule has 0 bridgehead atoms. The first-order valence-electron chi connectivity index (χ1n) is 13.4. The van der Waals surface area contributed by atoms with Crippen LogP contribution in [0, 0.1) is 0 Å². The quantitative estimate of drug-likeness (QED) is 0.228. The molecule has 0 aliphatic carbocycles. The van der Waals surface area contributed by atoms with Gasteiger partial charge in [0.2, 0.25) is 0 Å². The lowest BCUT2D eigenvalue weighted by atomic mass is 10.1. The number of hydrogen-bond acceptors (Lipinski definition) is 9. The summed E-state index contributed by atoms with van der Waals surface area (Å²) in [4.78, 5) is 9.45. The minimum absolute atomic E-state index is 0.0185. The summed E-state index contributed by atoms with van der Waals surface area (Å²) in [6.07, 6.45) is 4.46. The van der Waals surface area contributed by atoms with Gasteiger partial charge in [0.15, 0.2) is 15.7 Å². The van der Waals surface area contributed by atoms with E-state index in [9.17, 15) is 18.1 Å². The third kappa shape index (κ3) is 7.83. The molecule has 12 heteroatoms. The highest BCUT2D eigenvalue weighted by molar-refractivity contribution is 7.91. The Morgan fingerprint density at radius 2 is 1.90 bits per heavy atom. The second kappa shape index (κ2) is 12.9. The largest absolute Gasteiger partial charge is 0.598 e. The molecule has 220 valence electrons. The van der Waals surface area contributed by atoms with Crippen LogP contribution in [-0.2, 0) is 27.8 Å². The van der Waals surface area contributed by atoms with Gasteiger partial charge in [-0.25, -0.2) is 18.1 Å². The van der Waals surface area contributed by atoms with Crippen molar-refractivity contribution in [1.29, 1.82) is 0 Å². The van der Waals surface area contributed by atoms with Crippen LogP contribution in [-0.4, -0.2) is 61.2 Å². The van der Waals surface area contributed by atoms with Gasteiger partial charge in [-0.3, -0.25) is 4.98 Å². The molecule has 41 heavy (non-hydrogen) atoms. The predicted octanol–water partition coefficient (Wildman–Crippen LogP) is 4.29. The summed E-state index contributed by atoms with van der Waals surface area (Å²) >= 11 is -1.27. The Balaban J connectivity index is 1.80. The van der Waals surface area contributed by atoms with Crippen molar-refractivity contribution >= 4 is 32.1 Å². The van der Waals surface area contributed by atoms with E-state index in [2.05, 4.69) is 21.7 Å². The van der Waals surface area contributed by atoms with Crippen LogP contribution in [0.4, 0.5) is 0 Å². The highest BCUT2D eigenvalue weighted by atomic mass is 32.2. The molecule has 0 saturated heterocycles. The standard InChI is InChI=1S/C29H37N5O5S2/c1-6-9-25(33-40(36)29(2,3)4)24-12-8-11-23(32-24)20-16-26-22(27(17-20)39-14-15-41(5,37)38)18-30-34(26)28-13-7-10-21(19-35)31-28/h7-8,10-13,16-18,25,33,35H,6,9,14-15,19H2,1-5H3/t25-,40+/m0/s1. The van der Waals surface area contributed by atoms with E-state index >= 15 is 0 Å². The molecule has 10 nitrogen and oxygen atoms in total. The number of pyridine rings is 2. The highest BCUT2D eigenvalue weighted by Gasteiger charge is 2.30. The molecule has 4 rings (SSSR count). The Kier molecular flexibility index (Phi) is 9.70. The summed E-state index contributed by atoms with van der Waals surface area (Å²) in [5, 5.41) is 14.8. The zero-order chi connectivity index (χ0) is 29.8. The van der Waals surface area contributed by atoms with Crippen molar-refractivity contribution in [2.45, 2.75) is 57.9 Å². The smallest absolute Gasteiger partial charge is 0.154 e. The number of aromatic nitrogens is 4. The number of fused-ring (bicyclic) bond motifs is 1. The molecule has 0 saturated carbocycles. The number of rotatable bonds is 12. The molecule has 2 N–H and O–H groups in total. The lowest BCUT2D eigenvalue weighted by molar-refractivity contribution is 0.276. The Labute approximate surface area is 244 Å². The number of benzene rings is 1. The predicted molar refractivity (Wildman–Crippen MR) is 162 cm³/mol. The van der Waals surface area contributed by atoms with Crippen molar-refractivity contribution in [3.05, 3.63) is 66.1 Å². The molecule has 0 fully saturated rings. The fourth-order valence-corrected chi connectivity index (χ4v) is 5.43. The van der Waals surface area contributed by atoms with Crippen LogP contribution in [0.2, 0.25) is 0 Å². The molecule has 1 aromatic carbocycles. The summed E-state index contributed by atoms with van der Waals surface area (Å²) in [7, 11) is -3.22. The van der Waals surface area contributed by atoms with Crippen LogP contribution in [0.25, 0.3) is 28.0 Å². The SMILES string of the molecule is CCC[C@H](N[S@+]([O-])C(C)(C)C)c1cccc(-c2cc(OCCS(C)(=O)=O)c3cnn(-c4cccc(CO)n4)c3c2)n1. The molecular formula is C29H37N5O5S2. The Morgan fingerprint density at radius 3 is 2.59 bits per heavy atom. The fourth-order valence-electron chi connectivity index (χ4n) is 4.19. The van der Waals surface area contributed by atoms with Crippen molar-refractivity contribution in [1.82, 2.24) is 24.5 Å². The first-order valence-corrected chi connectivity index (χ1v) is 16.7. The van der Waals surface area contributed by atoms with Crippen LogP contribution >= 0.6 is 0 Å². The fraction of sp³-hybridized carbons (Fsp3) is 0.414. The topological polar surface area (TPSA) is 142 Å². The molecule has 0 amide bonds. The molecule has 0 aliphatic rings. The third-order valence-corrected chi connectivity index (χ3v) is 8.86. The third-order valence-electron chi connectivity index (χ3n) is 6.34. The zero-order valence-corrected chi connectivity index (χ0v) is 25.6. The van der Waals surface area contributed by atoms with E-state index in [1.54, 1.807) is 29.1 Å². The summed E-state index contributed by atoms with van der Waals surface area (Å²) in [5.74, 6) is 0.857. The van der Waals surface area contributed by atoms with E-state index < -0.39 is 25.9 Å². The van der Waals surface area contributed by atoms with E-state index in [4.69, 9.17) is 9.72 Å². The van der Waals surface area contributed by atoms with Gasteiger partial charge in [-0.05, 0) is 63.6 Å². The molecule has 0 unspecified atom stereocenters. The first-order chi connectivity index (χ1) is 19.4.